The second kappa shape index (κ2) is 9.41. The zero-order valence-electron chi connectivity index (χ0n) is 10.8. The second-order valence-corrected chi connectivity index (χ2v) is 6.04. The molecule has 0 bridgehead atoms. The number of rotatable bonds is 10. The molecule has 0 aliphatic carbocycles. The van der Waals surface area contributed by atoms with Gasteiger partial charge < -0.3 is 4.80 Å². The van der Waals surface area contributed by atoms with Crippen LogP contribution in [0, 0.1) is 5.41 Å². The molecule has 0 aromatic heterocycles. The maximum atomic E-state index is 8.93. The highest BCUT2D eigenvalue weighted by Gasteiger charge is 2.16. The lowest BCUT2D eigenvalue weighted by Crippen LogP contribution is -2.13. The predicted octanol–water partition coefficient (Wildman–Crippen LogP) is 4.18. The molecular formula is C13H28OSi. The van der Waals surface area contributed by atoms with Crippen molar-refractivity contribution in [2.24, 2.45) is 5.41 Å². The summed E-state index contributed by atoms with van der Waals surface area (Å²) in [6.45, 7) is 6.80. The molecule has 0 saturated carbocycles. The minimum absolute atomic E-state index is 0.121. The molecule has 0 heterocycles. The highest BCUT2D eigenvalue weighted by atomic mass is 28.2. The van der Waals surface area contributed by atoms with Crippen LogP contribution in [0.4, 0.5) is 0 Å². The number of hydrogen-bond acceptors (Lipinski definition) is 1. The third kappa shape index (κ3) is 10.5. The van der Waals surface area contributed by atoms with Crippen molar-refractivity contribution in [3.05, 3.63) is 0 Å². The van der Waals surface area contributed by atoms with Gasteiger partial charge in [-0.05, 0) is 17.9 Å². The van der Waals surface area contributed by atoms with Gasteiger partial charge in [0.15, 0.2) is 0 Å². The fraction of sp³-hybridized carbons (Fsp3) is 1.00. The summed E-state index contributed by atoms with van der Waals surface area (Å²) in [4.78, 5) is 8.93. The highest BCUT2D eigenvalue weighted by molar-refractivity contribution is 6.25. The van der Waals surface area contributed by atoms with E-state index in [1.807, 2.05) is 0 Å². The van der Waals surface area contributed by atoms with Gasteiger partial charge >= 0.3 is 0 Å². The molecule has 2 heteroatoms. The molecule has 0 spiro atoms. The average molecular weight is 228 g/mol. The lowest BCUT2D eigenvalue weighted by molar-refractivity contribution is 0.346. The van der Waals surface area contributed by atoms with Crippen molar-refractivity contribution in [1.29, 1.82) is 0 Å². The Bertz CT molecular complexity index is 134. The van der Waals surface area contributed by atoms with Crippen LogP contribution < -0.4 is 0 Å². The Hall–Kier alpha value is 0.177. The van der Waals surface area contributed by atoms with Crippen LogP contribution in [0.2, 0.25) is 6.04 Å². The van der Waals surface area contributed by atoms with Crippen molar-refractivity contribution < 1.29 is 4.80 Å². The first-order valence-electron chi connectivity index (χ1n) is 6.49. The molecule has 0 fully saturated rings. The fourth-order valence-corrected chi connectivity index (χ4v) is 2.47. The van der Waals surface area contributed by atoms with E-state index in [0.717, 1.165) is 6.04 Å². The summed E-state index contributed by atoms with van der Waals surface area (Å²) in [6.07, 6.45) is 11.0. The lowest BCUT2D eigenvalue weighted by atomic mass is 9.89. The summed E-state index contributed by atoms with van der Waals surface area (Å²) in [5, 5.41) is 0. The van der Waals surface area contributed by atoms with E-state index in [-0.39, 0.29) is 9.76 Å². The minimum atomic E-state index is 0.121. The molecule has 0 saturated heterocycles. The number of unbranched alkanes of at least 4 members (excludes halogenated alkanes) is 6. The van der Waals surface area contributed by atoms with Gasteiger partial charge in [0, 0.05) is 0 Å². The van der Waals surface area contributed by atoms with E-state index in [1.165, 1.54) is 51.4 Å². The van der Waals surface area contributed by atoms with Crippen molar-refractivity contribution in [3.63, 3.8) is 0 Å². The van der Waals surface area contributed by atoms with E-state index in [9.17, 15) is 0 Å². The Morgan fingerprint density at radius 1 is 0.933 bits per heavy atom. The minimum Gasteiger partial charge on any atom is -0.432 e. The summed E-state index contributed by atoms with van der Waals surface area (Å²) in [5.41, 5.74) is 0.358. The van der Waals surface area contributed by atoms with Gasteiger partial charge in [-0.2, -0.15) is 0 Å². The van der Waals surface area contributed by atoms with Gasteiger partial charge in [-0.15, -0.1) is 0 Å². The van der Waals surface area contributed by atoms with E-state index in [2.05, 4.69) is 20.8 Å². The first kappa shape index (κ1) is 15.2. The number of hydrogen-bond donors (Lipinski definition) is 1. The smallest absolute Gasteiger partial charge is 0.224 e. The molecule has 1 nitrogen and oxygen atoms in total. The molecule has 1 N–H and O–H groups in total. The van der Waals surface area contributed by atoms with Gasteiger partial charge in [0.25, 0.3) is 0 Å². The Balaban J connectivity index is 3.22. The quantitative estimate of drug-likeness (QED) is 0.439. The van der Waals surface area contributed by atoms with Crippen molar-refractivity contribution >= 4 is 9.76 Å². The fourth-order valence-electron chi connectivity index (χ4n) is 1.86. The molecule has 0 aromatic rings. The molecule has 0 amide bonds. The summed E-state index contributed by atoms with van der Waals surface area (Å²) in [6, 6.07) is 0.975. The molecule has 0 aromatic carbocycles. The van der Waals surface area contributed by atoms with Crippen LogP contribution in [0.1, 0.15) is 72.1 Å². The third-order valence-corrected chi connectivity index (χ3v) is 4.13. The Kier molecular flexibility index (Phi) is 9.52. The van der Waals surface area contributed by atoms with Crippen LogP contribution in [0.25, 0.3) is 0 Å². The van der Waals surface area contributed by atoms with Gasteiger partial charge in [0.2, 0.25) is 9.76 Å². The van der Waals surface area contributed by atoms with E-state index < -0.39 is 0 Å². The predicted molar refractivity (Wildman–Crippen MR) is 69.2 cm³/mol. The molecular weight excluding hydrogens is 200 g/mol. The van der Waals surface area contributed by atoms with Gasteiger partial charge in [-0.1, -0.05) is 65.7 Å². The third-order valence-electron chi connectivity index (χ3n) is 3.01. The Morgan fingerprint density at radius 2 is 1.47 bits per heavy atom. The van der Waals surface area contributed by atoms with E-state index in [4.69, 9.17) is 4.80 Å². The van der Waals surface area contributed by atoms with E-state index >= 15 is 0 Å². The van der Waals surface area contributed by atoms with Crippen molar-refractivity contribution in [1.82, 2.24) is 0 Å². The summed E-state index contributed by atoms with van der Waals surface area (Å²) >= 11 is 0. The van der Waals surface area contributed by atoms with Crippen LogP contribution in [0.15, 0.2) is 0 Å². The maximum Gasteiger partial charge on any atom is 0.224 e. The van der Waals surface area contributed by atoms with E-state index in [0.29, 0.717) is 5.41 Å². The first-order chi connectivity index (χ1) is 7.12. The molecule has 15 heavy (non-hydrogen) atoms. The molecule has 90 valence electrons. The summed E-state index contributed by atoms with van der Waals surface area (Å²) in [5.74, 6) is 0. The maximum absolute atomic E-state index is 8.93. The van der Waals surface area contributed by atoms with Crippen molar-refractivity contribution in [2.45, 2.75) is 78.2 Å². The highest BCUT2D eigenvalue weighted by Crippen LogP contribution is 2.27. The van der Waals surface area contributed by atoms with Crippen LogP contribution in [0.5, 0.6) is 0 Å². The molecule has 2 radical (unpaired) electrons. The van der Waals surface area contributed by atoms with Crippen LogP contribution >= 0.6 is 0 Å². The molecule has 0 rings (SSSR count). The normalized spacial score (nSPS) is 12.0. The largest absolute Gasteiger partial charge is 0.432 e. The summed E-state index contributed by atoms with van der Waals surface area (Å²) in [7, 11) is 0.121. The van der Waals surface area contributed by atoms with Crippen LogP contribution in [0.3, 0.4) is 0 Å². The first-order valence-corrected chi connectivity index (χ1v) is 7.65. The molecule has 0 unspecified atom stereocenters. The topological polar surface area (TPSA) is 20.2 Å². The molecule has 0 atom stereocenters. The average Bonchev–Trinajstić information content (AvgIpc) is 2.16. The molecule has 0 aliphatic rings. The van der Waals surface area contributed by atoms with Crippen LogP contribution in [-0.2, 0) is 0 Å². The van der Waals surface area contributed by atoms with Gasteiger partial charge in [-0.3, -0.25) is 0 Å². The molecule has 0 aliphatic heterocycles. The van der Waals surface area contributed by atoms with Crippen molar-refractivity contribution in [3.8, 4) is 0 Å². The zero-order chi connectivity index (χ0) is 11.6. The zero-order valence-corrected chi connectivity index (χ0v) is 11.8. The Morgan fingerprint density at radius 3 is 2.00 bits per heavy atom. The van der Waals surface area contributed by atoms with Crippen molar-refractivity contribution in [2.75, 3.05) is 0 Å². The Labute approximate surface area is 98.6 Å². The lowest BCUT2D eigenvalue weighted by Gasteiger charge is -2.22. The van der Waals surface area contributed by atoms with E-state index in [1.54, 1.807) is 0 Å². The standard InChI is InChI=1S/C13H28OSi/c1-4-5-6-7-8-9-10-11-13(2,3)12-15-14/h14H,4-12H2,1-3H3. The van der Waals surface area contributed by atoms with Crippen LogP contribution in [-0.4, -0.2) is 14.6 Å². The SMILES string of the molecule is CCCCCCCCCC(C)(C)C[Si]O. The van der Waals surface area contributed by atoms with Gasteiger partial charge in [-0.25, -0.2) is 0 Å². The summed E-state index contributed by atoms with van der Waals surface area (Å²) < 4.78 is 0. The van der Waals surface area contributed by atoms with Gasteiger partial charge in [0.1, 0.15) is 0 Å². The monoisotopic (exact) mass is 228 g/mol. The van der Waals surface area contributed by atoms with Gasteiger partial charge in [0.05, 0.1) is 0 Å². The second-order valence-electron chi connectivity index (χ2n) is 5.37.